The number of carbonyl (C=O) groups excluding carboxylic acids is 1. The zero-order chi connectivity index (χ0) is 23.3. The lowest BCUT2D eigenvalue weighted by Gasteiger charge is -2.35. The number of ether oxygens (including phenoxy) is 2. The molecule has 2 atom stereocenters. The second-order valence-electron chi connectivity index (χ2n) is 7.99. The van der Waals surface area contributed by atoms with Crippen LogP contribution in [-0.2, 0) is 22.3 Å². The topological polar surface area (TPSA) is 103 Å². The monoisotopic (exact) mass is 459 g/mol. The van der Waals surface area contributed by atoms with Crippen LogP contribution in [0.1, 0.15) is 51.9 Å². The van der Waals surface area contributed by atoms with Crippen LogP contribution in [0, 0.1) is 0 Å². The smallest absolute Gasteiger partial charge is 0.383 e. The Morgan fingerprint density at radius 2 is 2.06 bits per heavy atom. The lowest BCUT2D eigenvalue weighted by Crippen LogP contribution is -2.44. The van der Waals surface area contributed by atoms with Crippen molar-refractivity contribution >= 4 is 22.6 Å². The first-order valence-electron chi connectivity index (χ1n) is 10.4. The maximum absolute atomic E-state index is 13.4. The van der Waals surface area contributed by atoms with E-state index < -0.39 is 17.8 Å². The van der Waals surface area contributed by atoms with Gasteiger partial charge in [-0.2, -0.15) is 13.2 Å². The van der Waals surface area contributed by atoms with Crippen molar-refractivity contribution in [1.82, 2.24) is 19.9 Å². The average Bonchev–Trinajstić information content (AvgIpc) is 3.20. The van der Waals surface area contributed by atoms with Crippen molar-refractivity contribution in [3.05, 3.63) is 58.7 Å². The molecule has 0 spiro atoms. The summed E-state index contributed by atoms with van der Waals surface area (Å²) in [4.78, 5) is 27.6. The Balaban J connectivity index is 1.49. The molecule has 2 N–H and O–H groups in total. The zero-order valence-electron chi connectivity index (χ0n) is 17.6. The summed E-state index contributed by atoms with van der Waals surface area (Å²) in [5.41, 5.74) is 7.98. The van der Waals surface area contributed by atoms with Crippen molar-refractivity contribution in [1.29, 1.82) is 0 Å². The van der Waals surface area contributed by atoms with Crippen molar-refractivity contribution < 1.29 is 27.4 Å². The number of nitrogen functional groups attached to an aromatic ring is 1. The molecule has 0 aliphatic carbocycles. The van der Waals surface area contributed by atoms with Crippen molar-refractivity contribution in [2.75, 3.05) is 25.5 Å². The zero-order valence-corrected chi connectivity index (χ0v) is 17.6. The van der Waals surface area contributed by atoms with Gasteiger partial charge in [-0.25, -0.2) is 9.97 Å². The van der Waals surface area contributed by atoms with E-state index in [1.807, 2.05) is 6.92 Å². The van der Waals surface area contributed by atoms with E-state index >= 15 is 0 Å². The Labute approximate surface area is 186 Å². The van der Waals surface area contributed by atoms with E-state index in [1.54, 1.807) is 6.07 Å². The highest BCUT2D eigenvalue weighted by Gasteiger charge is 2.34. The van der Waals surface area contributed by atoms with E-state index in [1.165, 1.54) is 17.2 Å². The normalized spacial score (nSPS) is 20.8. The second kappa shape index (κ2) is 7.92. The highest BCUT2D eigenvalue weighted by atomic mass is 19.4. The number of morpholine rings is 1. The number of pyridine rings is 3. The maximum Gasteiger partial charge on any atom is 0.417 e. The third-order valence-electron chi connectivity index (χ3n) is 6.00. The molecule has 0 bridgehead atoms. The van der Waals surface area contributed by atoms with Gasteiger partial charge in [-0.3, -0.25) is 9.78 Å². The van der Waals surface area contributed by atoms with Crippen molar-refractivity contribution in [3.63, 3.8) is 0 Å². The fourth-order valence-corrected chi connectivity index (χ4v) is 4.30. The van der Waals surface area contributed by atoms with E-state index in [4.69, 9.17) is 15.2 Å². The molecule has 1 fully saturated rings. The molecule has 172 valence electrons. The number of fused-ring (bicyclic) bond motifs is 3. The minimum atomic E-state index is -4.49. The van der Waals surface area contributed by atoms with E-state index in [2.05, 4.69) is 15.0 Å². The minimum absolute atomic E-state index is 0.122. The summed E-state index contributed by atoms with van der Waals surface area (Å²) < 4.78 is 49.9. The first-order chi connectivity index (χ1) is 15.7. The van der Waals surface area contributed by atoms with Gasteiger partial charge in [0.15, 0.2) is 0 Å². The molecule has 2 aliphatic rings. The molecule has 3 aromatic rings. The largest absolute Gasteiger partial charge is 0.417 e. The molecule has 1 saturated heterocycles. The predicted octanol–water partition coefficient (Wildman–Crippen LogP) is 3.43. The molecule has 0 radical (unpaired) electrons. The Kier molecular flexibility index (Phi) is 5.17. The second-order valence-corrected chi connectivity index (χ2v) is 7.99. The molecule has 1 amide bonds. The lowest BCUT2D eigenvalue weighted by atomic mass is 10.0. The molecule has 0 saturated carbocycles. The average molecular weight is 459 g/mol. The van der Waals surface area contributed by atoms with Crippen LogP contribution >= 0.6 is 0 Å². The minimum Gasteiger partial charge on any atom is -0.383 e. The highest BCUT2D eigenvalue weighted by molar-refractivity contribution is 5.97. The van der Waals surface area contributed by atoms with Crippen LogP contribution in [-0.4, -0.2) is 45.5 Å². The summed E-state index contributed by atoms with van der Waals surface area (Å²) in [6.45, 7) is 2.92. The summed E-state index contributed by atoms with van der Waals surface area (Å²) in [5.74, 6) is 0.00874. The highest BCUT2D eigenvalue weighted by Crippen LogP contribution is 2.38. The number of aromatic nitrogens is 3. The van der Waals surface area contributed by atoms with Crippen LogP contribution in [0.15, 0.2) is 30.6 Å². The molecular weight excluding hydrogens is 439 g/mol. The van der Waals surface area contributed by atoms with Gasteiger partial charge in [0.25, 0.3) is 5.91 Å². The molecule has 5 heterocycles. The van der Waals surface area contributed by atoms with Crippen LogP contribution < -0.4 is 5.73 Å². The summed E-state index contributed by atoms with van der Waals surface area (Å²) in [6.07, 6.45) is -2.42. The number of anilines is 1. The van der Waals surface area contributed by atoms with Gasteiger partial charge in [-0.1, -0.05) is 0 Å². The van der Waals surface area contributed by atoms with Crippen LogP contribution in [0.4, 0.5) is 19.0 Å². The van der Waals surface area contributed by atoms with Gasteiger partial charge in [0.1, 0.15) is 11.5 Å². The molecule has 33 heavy (non-hydrogen) atoms. The number of hydrogen-bond acceptors (Lipinski definition) is 7. The SMILES string of the molecule is C[C@H]1OCc2c1c(N)nc1cnc(C(=O)N3CCOC[C@@H]3c3ccc(C(F)(F)F)cn3)cc21. The number of hydrogen-bond donors (Lipinski definition) is 1. The molecule has 3 aromatic heterocycles. The van der Waals surface area contributed by atoms with Gasteiger partial charge in [0, 0.05) is 23.7 Å². The Morgan fingerprint density at radius 3 is 2.79 bits per heavy atom. The Morgan fingerprint density at radius 1 is 1.24 bits per heavy atom. The Bertz CT molecular complexity index is 1230. The number of carbonyl (C=O) groups is 1. The summed E-state index contributed by atoms with van der Waals surface area (Å²) in [5, 5.41) is 0.736. The van der Waals surface area contributed by atoms with Gasteiger partial charge < -0.3 is 20.1 Å². The lowest BCUT2D eigenvalue weighted by molar-refractivity contribution is -0.137. The summed E-state index contributed by atoms with van der Waals surface area (Å²) in [7, 11) is 0. The van der Waals surface area contributed by atoms with Gasteiger partial charge >= 0.3 is 6.18 Å². The van der Waals surface area contributed by atoms with Crippen LogP contribution in [0.3, 0.4) is 0 Å². The summed E-state index contributed by atoms with van der Waals surface area (Å²) >= 11 is 0. The van der Waals surface area contributed by atoms with Gasteiger partial charge in [0.05, 0.1) is 54.9 Å². The fraction of sp³-hybridized carbons (Fsp3) is 0.364. The fourth-order valence-electron chi connectivity index (χ4n) is 4.30. The Hall–Kier alpha value is -3.31. The maximum atomic E-state index is 13.4. The van der Waals surface area contributed by atoms with E-state index in [0.717, 1.165) is 28.8 Å². The molecule has 5 rings (SSSR count). The molecule has 8 nitrogen and oxygen atoms in total. The van der Waals surface area contributed by atoms with Crippen LogP contribution in [0.2, 0.25) is 0 Å². The number of nitrogens with two attached hydrogens (primary N) is 1. The van der Waals surface area contributed by atoms with E-state index in [0.29, 0.717) is 30.2 Å². The van der Waals surface area contributed by atoms with E-state index in [9.17, 15) is 18.0 Å². The van der Waals surface area contributed by atoms with Crippen LogP contribution in [0.5, 0.6) is 0 Å². The number of alkyl halides is 3. The quantitative estimate of drug-likeness (QED) is 0.626. The molecule has 0 unspecified atom stereocenters. The molecular formula is C22H20F3N5O3. The number of nitrogens with zero attached hydrogens (tertiary/aromatic N) is 4. The predicted molar refractivity (Wildman–Crippen MR) is 111 cm³/mol. The van der Waals surface area contributed by atoms with Gasteiger partial charge in [0.2, 0.25) is 0 Å². The van der Waals surface area contributed by atoms with Crippen molar-refractivity contribution in [3.8, 4) is 0 Å². The molecule has 0 aromatic carbocycles. The van der Waals surface area contributed by atoms with E-state index in [-0.39, 0.29) is 30.9 Å². The summed E-state index contributed by atoms with van der Waals surface area (Å²) in [6, 6.07) is 3.25. The third kappa shape index (κ3) is 3.76. The third-order valence-corrected chi connectivity index (χ3v) is 6.00. The number of halogens is 3. The molecule has 2 aliphatic heterocycles. The molecule has 11 heteroatoms. The number of amides is 1. The van der Waals surface area contributed by atoms with Crippen molar-refractivity contribution in [2.45, 2.75) is 31.9 Å². The van der Waals surface area contributed by atoms with Crippen LogP contribution in [0.25, 0.3) is 10.9 Å². The standard InChI is InChI=1S/C22H20F3N5O3/c1-11-19-14(9-33-11)13-6-16(28-8-17(13)29-20(19)26)21(31)30-4-5-32-10-18(30)15-3-2-12(7-27-15)22(23,24)25/h2-3,6-8,11,18H,4-5,9-10H2,1H3,(H2,26,29)/t11-,18-/m1/s1. The first-order valence-corrected chi connectivity index (χ1v) is 10.4. The van der Waals surface area contributed by atoms with Gasteiger partial charge in [-0.15, -0.1) is 0 Å². The number of rotatable bonds is 2. The van der Waals surface area contributed by atoms with Gasteiger partial charge in [-0.05, 0) is 30.7 Å². The first kappa shape index (κ1) is 21.5. The van der Waals surface area contributed by atoms with Crippen molar-refractivity contribution in [2.24, 2.45) is 0 Å².